The smallest absolute Gasteiger partial charge is 0.369 e. The molecule has 0 amide bonds. The number of nitrogens with one attached hydrogen (secondary N) is 3. The van der Waals surface area contributed by atoms with Crippen LogP contribution in [0.3, 0.4) is 0 Å². The molecule has 0 aromatic carbocycles. The predicted octanol–water partition coefficient (Wildman–Crippen LogP) is 0.0357. The van der Waals surface area contributed by atoms with Crippen LogP contribution in [-0.4, -0.2) is 273 Å². The number of nitrogens with two attached hydrogens (primary N) is 6. The molecule has 12 aromatic heterocycles. The van der Waals surface area contributed by atoms with E-state index in [-0.39, 0.29) is 88.4 Å². The summed E-state index contributed by atoms with van der Waals surface area (Å²) < 4.78 is 172. The van der Waals surface area contributed by atoms with Gasteiger partial charge in [-0.1, -0.05) is 12.2 Å². The maximum Gasteiger partial charge on any atom is 0.386 e. The van der Waals surface area contributed by atoms with E-state index in [9.17, 15) is 43.4 Å². The summed E-state index contributed by atoms with van der Waals surface area (Å²) in [4.78, 5) is 147. The van der Waals surface area contributed by atoms with Gasteiger partial charge < -0.3 is 123 Å². The lowest BCUT2D eigenvalue weighted by molar-refractivity contribution is -0.0553. The highest BCUT2D eigenvalue weighted by Gasteiger charge is 2.57. The molecule has 0 aliphatic carbocycles. The second-order valence-electron chi connectivity index (χ2n) is 30.0. The van der Waals surface area contributed by atoms with Crippen molar-refractivity contribution < 1.29 is 125 Å². The number of imidazole rings is 3. The fourth-order valence-electron chi connectivity index (χ4n) is 15.8. The van der Waals surface area contributed by atoms with E-state index in [0.29, 0.717) is 33.6 Å². The molecule has 0 radical (unpaired) electrons. The normalized spacial score (nSPS) is 36.6. The minimum absolute atomic E-state index is 0.0459. The summed E-state index contributed by atoms with van der Waals surface area (Å²) in [7, 11) is 0. The van der Waals surface area contributed by atoms with Crippen LogP contribution in [-0.2, 0) is 146 Å². The number of thiol groups is 1. The molecule has 57 nitrogen and oxygen atoms in total. The zero-order valence-corrected chi connectivity index (χ0v) is 76.4. The van der Waals surface area contributed by atoms with E-state index in [4.69, 9.17) is 176 Å². The fraction of sp³-hybridized carbons (Fsp3) is 0.500. The van der Waals surface area contributed by atoms with Gasteiger partial charge in [-0.2, -0.15) is 43.8 Å². The van der Waals surface area contributed by atoms with Gasteiger partial charge in [-0.15, -0.1) is 0 Å². The zero-order valence-electron chi connectivity index (χ0n) is 66.1. The molecular formula is C60H69F3N30O27P6S6. The second-order valence-corrected chi connectivity index (χ2v) is 46.8. The van der Waals surface area contributed by atoms with E-state index in [1.807, 2.05) is 0 Å². The Morgan fingerprint density at radius 2 is 0.644 bits per heavy atom. The summed E-state index contributed by atoms with van der Waals surface area (Å²) in [6, 6.07) is 0. The van der Waals surface area contributed by atoms with E-state index in [1.54, 1.807) is 0 Å². The van der Waals surface area contributed by atoms with Gasteiger partial charge in [0.05, 0.1) is 114 Å². The molecule has 9 fully saturated rings. The van der Waals surface area contributed by atoms with Crippen LogP contribution in [0.5, 0.6) is 0 Å². The van der Waals surface area contributed by atoms with Gasteiger partial charge in [0.15, 0.2) is 87.6 Å². The molecule has 9 aliphatic rings. The molecule has 132 heavy (non-hydrogen) atoms. The van der Waals surface area contributed by atoms with Crippen molar-refractivity contribution in [1.82, 2.24) is 117 Å². The van der Waals surface area contributed by atoms with Crippen molar-refractivity contribution in [2.45, 2.75) is 148 Å². The van der Waals surface area contributed by atoms with Crippen molar-refractivity contribution in [3.8, 4) is 0 Å². The molecule has 0 saturated carbocycles. The van der Waals surface area contributed by atoms with Gasteiger partial charge in [0, 0.05) is 36.0 Å². The van der Waals surface area contributed by atoms with Gasteiger partial charge in [0.2, 0.25) is 35.7 Å². The monoisotopic (exact) mass is 2080 g/mol. The molecule has 6 unspecified atom stereocenters. The molecule has 9 aliphatic heterocycles. The van der Waals surface area contributed by atoms with E-state index in [1.165, 1.54) is 77.5 Å². The molecule has 20 N–H and O–H groups in total. The molecule has 27 atom stereocenters. The second kappa shape index (κ2) is 36.0. The third-order valence-electron chi connectivity index (χ3n) is 21.7. The van der Waals surface area contributed by atoms with Gasteiger partial charge in [0.1, 0.15) is 73.9 Å². The van der Waals surface area contributed by atoms with Crippen molar-refractivity contribution in [2.75, 3.05) is 74.0 Å². The highest BCUT2D eigenvalue weighted by atomic mass is 32.7. The Kier molecular flexibility index (Phi) is 25.4. The molecule has 9 saturated heterocycles. The van der Waals surface area contributed by atoms with Crippen molar-refractivity contribution in [1.29, 1.82) is 0 Å². The number of alkyl halides is 3. The summed E-state index contributed by atoms with van der Waals surface area (Å²) in [6.07, 6.45) is -14.7. The Labute approximate surface area is 761 Å². The van der Waals surface area contributed by atoms with Gasteiger partial charge in [-0.3, -0.25) is 61.1 Å². The minimum atomic E-state index is -4.34. The number of halogens is 3. The average molecular weight is 2080 g/mol. The summed E-state index contributed by atoms with van der Waals surface area (Å²) >= 11 is 30.2. The van der Waals surface area contributed by atoms with Crippen molar-refractivity contribution >= 4 is 198 Å². The topological polar surface area (TPSA) is 760 Å². The van der Waals surface area contributed by atoms with Crippen molar-refractivity contribution in [3.05, 3.63) is 104 Å². The van der Waals surface area contributed by atoms with Crippen LogP contribution < -0.4 is 51.1 Å². The first kappa shape index (κ1) is 93.2. The highest BCUT2D eigenvalue weighted by Crippen LogP contribution is 2.61. The number of anilines is 6. The van der Waals surface area contributed by atoms with Crippen LogP contribution in [0.1, 0.15) is 72.9 Å². The number of H-pyrrole nitrogens is 3. The predicted molar refractivity (Wildman–Crippen MR) is 460 cm³/mol. The van der Waals surface area contributed by atoms with Gasteiger partial charge in [-0.25, -0.2) is 62.6 Å². The Hall–Kier alpha value is -7.80. The maximum absolute atomic E-state index is 15.8. The number of hydrogen-bond donors (Lipinski definition) is 15. The molecular weight excluding hydrogens is 2010 g/mol. The molecule has 708 valence electrons. The Balaban J connectivity index is 0.000000128. The SMILES string of the molecule is Nc1nc2c(ncn2[C@@H]2O[C@@H]3COP(O)(=S)O[C@H]4C[C@H](c5cnn6c(N)ncnc56)O[C@@H]4COP(=O)(S)O[C@@H]2[C@@H]3F)c(=O)[nH]1.Nc1nc2c(ncn2[C@@H]2O[C@@H]3COP(O)(=S)O[C@H]4C[C@H](c5cnn6c(N)ncnc56)O[C@@H]4COP(O)(=S)O[C@@H]2[C@@H]3F)c(=O)[nH]1.Nc1nc2c(ncn2[C@@H]2O[C@@H]3COP(O)(=S)O[C@H]4C[C@H](c5cnn6c(N)ncnc56)O[C@@H]4COP(O)(=S)O[C@@H]2[C@@H]3F)c(=O)[nH]1. The summed E-state index contributed by atoms with van der Waals surface area (Å²) in [6.45, 7) is -27.8. The Morgan fingerprint density at radius 1 is 0.371 bits per heavy atom. The van der Waals surface area contributed by atoms with Crippen LogP contribution in [0.15, 0.2) is 70.9 Å². The van der Waals surface area contributed by atoms with Crippen LogP contribution in [0, 0.1) is 0 Å². The number of aromatic nitrogens is 24. The number of fused-ring (bicyclic) bond motifs is 15. The number of hydrogen-bond acceptors (Lipinski definition) is 48. The van der Waals surface area contributed by atoms with Crippen LogP contribution >= 0.6 is 52.6 Å². The average Bonchev–Trinajstić information content (AvgIpc) is 1.61. The standard InChI is InChI=1S/3C20H23FN10O9P2S2/c3*21-12-11-4-36-41(33,43)39-9-1-8(7-2-27-31-15(7)24-5-25-20(31)23)37-10(9)3-35-42(34,44)40-14(12)18(38-11)30-6-26-13-16(30)28-19(22)29-17(13)32/h3*2,5-6,8-12,14,18H,1,3-4H2,(H,33,43)(H,34,44)(H2,23,24,25)(H3,22,28,29,32)/t3*8-,9+,10-,11-,12-,14-,18-,41?,42?/m111/s1. The van der Waals surface area contributed by atoms with Gasteiger partial charge in [0.25, 0.3) is 16.7 Å². The zero-order chi connectivity index (χ0) is 92.9. The number of rotatable bonds is 6. The summed E-state index contributed by atoms with van der Waals surface area (Å²) in [5, 5.41) is 12.6. The molecule has 21 heterocycles. The minimum Gasteiger partial charge on any atom is -0.369 e. The molecule has 21 rings (SSSR count). The molecule has 12 aromatic rings. The lowest BCUT2D eigenvalue weighted by Gasteiger charge is -2.27. The van der Waals surface area contributed by atoms with E-state index in [0.717, 1.165) is 6.33 Å². The van der Waals surface area contributed by atoms with Gasteiger partial charge >= 0.3 is 40.4 Å². The number of aromatic amines is 3. The summed E-state index contributed by atoms with van der Waals surface area (Å²) in [5.74, 6) is -0.368. The van der Waals surface area contributed by atoms with E-state index in [2.05, 4.69) is 102 Å². The quantitative estimate of drug-likeness (QED) is 0.0772. The molecule has 72 heteroatoms. The first-order valence-corrected chi connectivity index (χ1v) is 54.1. The fourth-order valence-corrected chi connectivity index (χ4v) is 24.5. The van der Waals surface area contributed by atoms with E-state index >= 15 is 13.2 Å². The van der Waals surface area contributed by atoms with Crippen LogP contribution in [0.4, 0.5) is 48.9 Å². The lowest BCUT2D eigenvalue weighted by atomic mass is 10.1. The maximum atomic E-state index is 15.8. The Morgan fingerprint density at radius 3 is 0.947 bits per heavy atom. The van der Waals surface area contributed by atoms with Crippen LogP contribution in [0.2, 0.25) is 0 Å². The Bertz CT molecular complexity index is 6380. The number of nitrogen functional groups attached to an aromatic ring is 6. The number of ether oxygens (including phenoxy) is 6. The third-order valence-corrected chi connectivity index (χ3v) is 31.2. The first-order valence-electron chi connectivity index (χ1n) is 38.5. The van der Waals surface area contributed by atoms with E-state index < -0.39 is 225 Å². The van der Waals surface area contributed by atoms with Crippen LogP contribution in [0.25, 0.3) is 50.4 Å². The largest absolute Gasteiger partial charge is 0.386 e. The summed E-state index contributed by atoms with van der Waals surface area (Å²) in [5.41, 5.74) is 35.0. The molecule has 0 spiro atoms. The van der Waals surface area contributed by atoms with Crippen molar-refractivity contribution in [3.63, 3.8) is 0 Å². The number of nitrogens with zero attached hydrogens (tertiary/aromatic N) is 21. The van der Waals surface area contributed by atoms with Crippen molar-refractivity contribution in [2.24, 2.45) is 0 Å². The lowest BCUT2D eigenvalue weighted by Crippen LogP contribution is -2.32. The first-order chi connectivity index (χ1) is 62.7. The van der Waals surface area contributed by atoms with Gasteiger partial charge in [-0.05, 0) is 59.0 Å². The highest BCUT2D eigenvalue weighted by molar-refractivity contribution is 8.44. The molecule has 6 bridgehead atoms. The third kappa shape index (κ3) is 18.7.